The van der Waals surface area contributed by atoms with Crippen LogP contribution in [-0.2, 0) is 0 Å². The van der Waals surface area contributed by atoms with Crippen LogP contribution in [0.25, 0.3) is 10.8 Å². The maximum atomic E-state index is 12.3. The molecule has 0 aliphatic carbocycles. The largest absolute Gasteiger partial charge is 0.399 e. The molecule has 0 aliphatic heterocycles. The molecule has 0 unspecified atom stereocenters. The Kier molecular flexibility index (Phi) is 4.07. The van der Waals surface area contributed by atoms with Crippen molar-refractivity contribution in [1.82, 2.24) is 15.6 Å². The van der Waals surface area contributed by atoms with Crippen molar-refractivity contribution in [3.05, 3.63) is 70.1 Å². The zero-order valence-electron chi connectivity index (χ0n) is 12.9. The van der Waals surface area contributed by atoms with Crippen LogP contribution in [0.4, 0.5) is 5.69 Å². The molecule has 0 radical (unpaired) electrons. The van der Waals surface area contributed by atoms with Crippen LogP contribution in [-0.4, -0.2) is 21.8 Å². The highest BCUT2D eigenvalue weighted by Gasteiger charge is 2.13. The Morgan fingerprint density at radius 3 is 2.50 bits per heavy atom. The summed E-state index contributed by atoms with van der Waals surface area (Å²) in [6.07, 6.45) is 0. The molecular formula is C17H15N5O2. The number of benzene rings is 2. The van der Waals surface area contributed by atoms with E-state index in [2.05, 4.69) is 20.7 Å². The van der Waals surface area contributed by atoms with Crippen LogP contribution in [0.5, 0.6) is 0 Å². The Labute approximate surface area is 137 Å². The summed E-state index contributed by atoms with van der Waals surface area (Å²) in [5, 5.41) is 11.1. The number of rotatable bonds is 3. The lowest BCUT2D eigenvalue weighted by molar-refractivity contribution is 0.0950. The summed E-state index contributed by atoms with van der Waals surface area (Å²) in [5.41, 5.74) is 9.98. The first kappa shape index (κ1) is 15.4. The highest BCUT2D eigenvalue weighted by atomic mass is 16.2. The summed E-state index contributed by atoms with van der Waals surface area (Å²) in [4.78, 5) is 24.1. The number of hydrazone groups is 1. The Hall–Kier alpha value is -3.48. The van der Waals surface area contributed by atoms with Gasteiger partial charge in [-0.15, -0.1) is 0 Å². The Morgan fingerprint density at radius 1 is 1.12 bits per heavy atom. The molecule has 7 nitrogen and oxygen atoms in total. The van der Waals surface area contributed by atoms with Crippen molar-refractivity contribution in [3.63, 3.8) is 0 Å². The summed E-state index contributed by atoms with van der Waals surface area (Å²) >= 11 is 0. The third-order valence-corrected chi connectivity index (χ3v) is 3.56. The molecule has 0 bridgehead atoms. The maximum Gasteiger partial charge on any atom is 0.292 e. The fourth-order valence-corrected chi connectivity index (χ4v) is 2.26. The molecule has 0 saturated heterocycles. The number of carbonyl (C=O) groups excluding carboxylic acids is 1. The van der Waals surface area contributed by atoms with E-state index in [0.29, 0.717) is 22.2 Å². The summed E-state index contributed by atoms with van der Waals surface area (Å²) in [6.45, 7) is 1.77. The monoisotopic (exact) mass is 321 g/mol. The first-order valence-electron chi connectivity index (χ1n) is 7.24. The summed E-state index contributed by atoms with van der Waals surface area (Å²) in [6, 6.07) is 13.9. The van der Waals surface area contributed by atoms with Gasteiger partial charge in [-0.2, -0.15) is 10.2 Å². The number of aromatic amines is 1. The van der Waals surface area contributed by atoms with Gasteiger partial charge >= 0.3 is 0 Å². The molecule has 7 heteroatoms. The van der Waals surface area contributed by atoms with E-state index in [1.54, 1.807) is 43.3 Å². The van der Waals surface area contributed by atoms with E-state index in [9.17, 15) is 9.59 Å². The van der Waals surface area contributed by atoms with Gasteiger partial charge in [-0.1, -0.05) is 30.3 Å². The number of nitrogens with zero attached hydrogens (tertiary/aromatic N) is 2. The van der Waals surface area contributed by atoms with Gasteiger partial charge in [-0.3, -0.25) is 9.59 Å². The number of nitrogen functional groups attached to an aromatic ring is 1. The van der Waals surface area contributed by atoms with Crippen molar-refractivity contribution in [2.45, 2.75) is 6.92 Å². The first-order valence-corrected chi connectivity index (χ1v) is 7.24. The van der Waals surface area contributed by atoms with Gasteiger partial charge < -0.3 is 5.73 Å². The number of carbonyl (C=O) groups is 1. The van der Waals surface area contributed by atoms with Crippen LogP contribution in [0.2, 0.25) is 0 Å². The van der Waals surface area contributed by atoms with Crippen LogP contribution < -0.4 is 16.7 Å². The topological polar surface area (TPSA) is 113 Å². The highest BCUT2D eigenvalue weighted by molar-refractivity contribution is 6.06. The van der Waals surface area contributed by atoms with Gasteiger partial charge in [-0.25, -0.2) is 10.5 Å². The number of amides is 1. The average Bonchev–Trinajstić information content (AvgIpc) is 2.60. The number of nitrogens with two attached hydrogens (primary N) is 1. The quantitative estimate of drug-likeness (QED) is 0.387. The lowest BCUT2D eigenvalue weighted by Gasteiger charge is -2.05. The fraction of sp³-hybridized carbons (Fsp3) is 0.0588. The van der Waals surface area contributed by atoms with Gasteiger partial charge in [0.25, 0.3) is 11.5 Å². The van der Waals surface area contributed by atoms with Crippen LogP contribution in [0.15, 0.2) is 58.4 Å². The highest BCUT2D eigenvalue weighted by Crippen LogP contribution is 2.12. The van der Waals surface area contributed by atoms with Gasteiger partial charge in [-0.05, 0) is 30.7 Å². The van der Waals surface area contributed by atoms with Crippen LogP contribution in [0.1, 0.15) is 23.0 Å². The Balaban J connectivity index is 1.88. The van der Waals surface area contributed by atoms with Gasteiger partial charge in [0.05, 0.1) is 11.1 Å². The number of hydrogen-bond acceptors (Lipinski definition) is 5. The molecular weight excluding hydrogens is 306 g/mol. The van der Waals surface area contributed by atoms with Crippen molar-refractivity contribution >= 4 is 28.1 Å². The smallest absolute Gasteiger partial charge is 0.292 e. The first-order chi connectivity index (χ1) is 11.6. The van der Waals surface area contributed by atoms with E-state index in [0.717, 1.165) is 5.56 Å². The molecule has 3 aromatic rings. The zero-order valence-corrected chi connectivity index (χ0v) is 12.9. The van der Waals surface area contributed by atoms with E-state index in [4.69, 9.17) is 5.73 Å². The van der Waals surface area contributed by atoms with Crippen LogP contribution >= 0.6 is 0 Å². The molecule has 0 spiro atoms. The molecule has 1 heterocycles. The molecule has 3 rings (SSSR count). The number of nitrogens with one attached hydrogen (secondary N) is 2. The SMILES string of the molecule is C/C(=N/NC(=O)c1n[nH]c(=O)c2ccccc12)c1ccc(N)cc1. The molecule has 2 aromatic carbocycles. The summed E-state index contributed by atoms with van der Waals surface area (Å²) in [7, 11) is 0. The van der Waals surface area contributed by atoms with Gasteiger partial charge in [0.15, 0.2) is 5.69 Å². The molecule has 1 amide bonds. The summed E-state index contributed by atoms with van der Waals surface area (Å²) in [5.74, 6) is -0.503. The van der Waals surface area contributed by atoms with E-state index in [1.165, 1.54) is 0 Å². The molecule has 0 fully saturated rings. The van der Waals surface area contributed by atoms with E-state index in [-0.39, 0.29) is 11.3 Å². The van der Waals surface area contributed by atoms with E-state index >= 15 is 0 Å². The van der Waals surface area contributed by atoms with Crippen molar-refractivity contribution in [2.24, 2.45) is 5.10 Å². The van der Waals surface area contributed by atoms with Gasteiger partial charge in [0.2, 0.25) is 0 Å². The maximum absolute atomic E-state index is 12.3. The number of hydrogen-bond donors (Lipinski definition) is 3. The standard InChI is InChI=1S/C17H15N5O2/c1-10(11-6-8-12(18)9-7-11)19-22-17(24)15-13-4-2-3-5-14(13)16(23)21-20-15/h2-9H,18H2,1H3,(H,21,23)(H,22,24)/b19-10-. The zero-order chi connectivity index (χ0) is 17.1. The fourth-order valence-electron chi connectivity index (χ4n) is 2.26. The second kappa shape index (κ2) is 6.33. The van der Waals surface area contributed by atoms with Crippen molar-refractivity contribution in [2.75, 3.05) is 5.73 Å². The predicted molar refractivity (Wildman–Crippen MR) is 92.9 cm³/mol. The van der Waals surface area contributed by atoms with Crippen molar-refractivity contribution in [1.29, 1.82) is 0 Å². The van der Waals surface area contributed by atoms with Gasteiger partial charge in [0, 0.05) is 11.1 Å². The van der Waals surface area contributed by atoms with Crippen molar-refractivity contribution in [3.8, 4) is 0 Å². The lowest BCUT2D eigenvalue weighted by Crippen LogP contribution is -2.23. The van der Waals surface area contributed by atoms with E-state index in [1.807, 2.05) is 12.1 Å². The third kappa shape index (κ3) is 3.00. The average molecular weight is 321 g/mol. The molecule has 24 heavy (non-hydrogen) atoms. The minimum atomic E-state index is -0.503. The molecule has 0 atom stereocenters. The minimum Gasteiger partial charge on any atom is -0.399 e. The predicted octanol–water partition coefficient (Wildman–Crippen LogP) is 1.66. The number of fused-ring (bicyclic) bond motifs is 1. The molecule has 4 N–H and O–H groups in total. The molecule has 120 valence electrons. The molecule has 1 aromatic heterocycles. The lowest BCUT2D eigenvalue weighted by atomic mass is 10.1. The minimum absolute atomic E-state index is 0.110. The van der Waals surface area contributed by atoms with E-state index < -0.39 is 5.91 Å². The summed E-state index contributed by atoms with van der Waals surface area (Å²) < 4.78 is 0. The van der Waals surface area contributed by atoms with Crippen LogP contribution in [0.3, 0.4) is 0 Å². The normalized spacial score (nSPS) is 11.5. The van der Waals surface area contributed by atoms with Crippen LogP contribution in [0, 0.1) is 0 Å². The molecule has 0 saturated carbocycles. The van der Waals surface area contributed by atoms with Gasteiger partial charge in [0.1, 0.15) is 0 Å². The number of aromatic nitrogens is 2. The Morgan fingerprint density at radius 2 is 1.79 bits per heavy atom. The van der Waals surface area contributed by atoms with Crippen molar-refractivity contribution < 1.29 is 4.79 Å². The second-order valence-corrected chi connectivity index (χ2v) is 5.21. The third-order valence-electron chi connectivity index (χ3n) is 3.56. The second-order valence-electron chi connectivity index (χ2n) is 5.21. The molecule has 0 aliphatic rings. The number of H-pyrrole nitrogens is 1. The Bertz CT molecular complexity index is 990. The number of anilines is 1.